The monoisotopic (exact) mass is 546 g/mol. The molecule has 0 aromatic heterocycles. The van der Waals surface area contributed by atoms with Gasteiger partial charge in [-0.1, -0.05) is 44.4 Å². The molecular weight excluding hydrogens is 496 g/mol. The van der Waals surface area contributed by atoms with E-state index in [1.165, 1.54) is 4.90 Å². The first-order valence-corrected chi connectivity index (χ1v) is 13.9. The maximum Gasteiger partial charge on any atom is 0.408 e. The topological polar surface area (TPSA) is 131 Å². The molecular formula is C30H50N4O5. The summed E-state index contributed by atoms with van der Waals surface area (Å²) in [5, 5.41) is 5.66. The van der Waals surface area contributed by atoms with E-state index >= 15 is 0 Å². The van der Waals surface area contributed by atoms with Crippen molar-refractivity contribution >= 4 is 23.8 Å². The molecule has 0 aliphatic rings. The van der Waals surface area contributed by atoms with E-state index < -0.39 is 41.1 Å². The summed E-state index contributed by atoms with van der Waals surface area (Å²) in [5.74, 6) is -1.38. The molecule has 0 radical (unpaired) electrons. The maximum absolute atomic E-state index is 14.2. The number of ether oxygens (including phenoxy) is 1. The molecule has 4 N–H and O–H groups in total. The minimum absolute atomic E-state index is 0.0145. The zero-order valence-corrected chi connectivity index (χ0v) is 25.4. The number of hydrogen-bond donors (Lipinski definition) is 3. The molecule has 2 atom stereocenters. The maximum atomic E-state index is 14.2. The highest BCUT2D eigenvalue weighted by Gasteiger charge is 2.37. The molecule has 0 spiro atoms. The second-order valence-corrected chi connectivity index (χ2v) is 12.3. The number of rotatable bonds is 13. The van der Waals surface area contributed by atoms with Gasteiger partial charge in [0.05, 0.1) is 0 Å². The van der Waals surface area contributed by atoms with Crippen LogP contribution in [0.3, 0.4) is 0 Å². The number of primary amides is 1. The zero-order chi connectivity index (χ0) is 30.0. The first kappa shape index (κ1) is 33.9. The third-order valence-electron chi connectivity index (χ3n) is 6.11. The molecule has 4 amide bonds. The van der Waals surface area contributed by atoms with Gasteiger partial charge < -0.3 is 26.0 Å². The van der Waals surface area contributed by atoms with Gasteiger partial charge in [0.1, 0.15) is 17.7 Å². The van der Waals surface area contributed by atoms with E-state index in [-0.39, 0.29) is 18.7 Å². The molecule has 0 heterocycles. The van der Waals surface area contributed by atoms with Crippen LogP contribution in [-0.4, -0.2) is 52.4 Å². The number of alkyl carbamates (subject to hydrolysis) is 1. The minimum Gasteiger partial charge on any atom is -0.444 e. The van der Waals surface area contributed by atoms with Crippen LogP contribution in [0.15, 0.2) is 18.2 Å². The first-order chi connectivity index (χ1) is 17.9. The number of amides is 4. The van der Waals surface area contributed by atoms with Crippen molar-refractivity contribution in [3.8, 4) is 0 Å². The van der Waals surface area contributed by atoms with E-state index in [4.69, 9.17) is 10.5 Å². The van der Waals surface area contributed by atoms with E-state index in [0.29, 0.717) is 18.5 Å². The number of benzene rings is 1. The lowest BCUT2D eigenvalue weighted by Gasteiger charge is -2.36. The fourth-order valence-electron chi connectivity index (χ4n) is 4.11. The number of nitrogens with two attached hydrogens (primary N) is 1. The van der Waals surface area contributed by atoms with Crippen molar-refractivity contribution < 1.29 is 23.9 Å². The van der Waals surface area contributed by atoms with Gasteiger partial charge in [0, 0.05) is 18.5 Å². The molecule has 9 nitrogen and oxygen atoms in total. The van der Waals surface area contributed by atoms with Gasteiger partial charge in [0.25, 0.3) is 0 Å². The Morgan fingerprint density at radius 3 is 2.13 bits per heavy atom. The fraction of sp³-hybridized carbons (Fsp3) is 0.667. The largest absolute Gasteiger partial charge is 0.444 e. The van der Waals surface area contributed by atoms with E-state index in [2.05, 4.69) is 17.6 Å². The summed E-state index contributed by atoms with van der Waals surface area (Å²) >= 11 is 0. The molecule has 1 aromatic rings. The second kappa shape index (κ2) is 14.9. The van der Waals surface area contributed by atoms with Crippen molar-refractivity contribution in [2.45, 2.75) is 124 Å². The van der Waals surface area contributed by atoms with Crippen LogP contribution in [-0.2, 0) is 19.1 Å². The number of carbonyl (C=O) groups is 4. The van der Waals surface area contributed by atoms with Gasteiger partial charge in [0.2, 0.25) is 17.7 Å². The summed E-state index contributed by atoms with van der Waals surface area (Å²) in [6, 6.07) is 3.69. The number of unbranched alkanes of at least 4 members (excludes halogenated alkanes) is 3. The van der Waals surface area contributed by atoms with Gasteiger partial charge in [0.15, 0.2) is 0 Å². The highest BCUT2D eigenvalue weighted by Crippen LogP contribution is 2.27. The van der Waals surface area contributed by atoms with Crippen molar-refractivity contribution in [3.05, 3.63) is 34.9 Å². The fourth-order valence-corrected chi connectivity index (χ4v) is 4.11. The molecule has 0 bridgehead atoms. The molecule has 0 fully saturated rings. The Balaban J connectivity index is 3.59. The molecule has 0 saturated carbocycles. The van der Waals surface area contributed by atoms with Crippen molar-refractivity contribution in [1.29, 1.82) is 0 Å². The van der Waals surface area contributed by atoms with Crippen LogP contribution < -0.4 is 16.4 Å². The molecule has 39 heavy (non-hydrogen) atoms. The summed E-state index contributed by atoms with van der Waals surface area (Å²) in [6.45, 7) is 17.2. The van der Waals surface area contributed by atoms with Gasteiger partial charge in [-0.05, 0) is 84.9 Å². The third kappa shape index (κ3) is 12.5. The van der Waals surface area contributed by atoms with E-state index in [9.17, 15) is 19.2 Å². The average Bonchev–Trinajstić information content (AvgIpc) is 2.77. The van der Waals surface area contributed by atoms with Crippen LogP contribution in [0.4, 0.5) is 4.79 Å². The number of aryl methyl sites for hydroxylation is 2. The first-order valence-electron chi connectivity index (χ1n) is 13.9. The van der Waals surface area contributed by atoms with Gasteiger partial charge in [-0.15, -0.1) is 0 Å². The zero-order valence-electron chi connectivity index (χ0n) is 25.4. The van der Waals surface area contributed by atoms with Crippen LogP contribution in [0.2, 0.25) is 0 Å². The summed E-state index contributed by atoms with van der Waals surface area (Å²) in [7, 11) is 0. The van der Waals surface area contributed by atoms with Gasteiger partial charge in [-0.2, -0.15) is 0 Å². The van der Waals surface area contributed by atoms with Crippen LogP contribution in [0.1, 0.15) is 110 Å². The molecule has 0 aliphatic carbocycles. The predicted molar refractivity (Wildman–Crippen MR) is 154 cm³/mol. The van der Waals surface area contributed by atoms with E-state index in [0.717, 1.165) is 30.4 Å². The Bertz CT molecular complexity index is 994. The Morgan fingerprint density at radius 1 is 0.974 bits per heavy atom. The summed E-state index contributed by atoms with van der Waals surface area (Å²) < 4.78 is 5.39. The van der Waals surface area contributed by atoms with Crippen molar-refractivity contribution in [1.82, 2.24) is 15.5 Å². The van der Waals surface area contributed by atoms with Crippen LogP contribution >= 0.6 is 0 Å². The molecule has 220 valence electrons. The Hall–Kier alpha value is -3.10. The highest BCUT2D eigenvalue weighted by molar-refractivity contribution is 5.92. The minimum atomic E-state index is -1.10. The lowest BCUT2D eigenvalue weighted by Crippen LogP contribution is -2.55. The van der Waals surface area contributed by atoms with Crippen molar-refractivity contribution in [3.63, 3.8) is 0 Å². The number of nitrogens with zero attached hydrogens (tertiary/aromatic N) is 1. The van der Waals surface area contributed by atoms with Gasteiger partial charge >= 0.3 is 6.09 Å². The standard InChI is InChI=1S/C30H50N4O5/c1-10-11-12-13-18-34(27(37)23(16-17-24(31)35)32-28(38)39-30(7,8)9)25(26(36)33-29(4,5)6)22-15-14-20(2)21(3)19-22/h14-15,19,23,25H,10-13,16-18H2,1-9H3,(H2,31,35)(H,32,38)(H,33,36). The average molecular weight is 547 g/mol. The Morgan fingerprint density at radius 2 is 1.62 bits per heavy atom. The quantitative estimate of drug-likeness (QED) is 0.305. The normalized spacial score (nSPS) is 13.3. The summed E-state index contributed by atoms with van der Waals surface area (Å²) in [6.07, 6.45) is 2.66. The predicted octanol–water partition coefficient (Wildman–Crippen LogP) is 4.83. The van der Waals surface area contributed by atoms with Crippen molar-refractivity contribution in [2.24, 2.45) is 5.73 Å². The van der Waals surface area contributed by atoms with Gasteiger partial charge in [-0.3, -0.25) is 14.4 Å². The number of hydrogen-bond acceptors (Lipinski definition) is 5. The Kier molecular flexibility index (Phi) is 13.0. The summed E-state index contributed by atoms with van der Waals surface area (Å²) in [4.78, 5) is 53.8. The van der Waals surface area contributed by atoms with Crippen LogP contribution in [0, 0.1) is 13.8 Å². The van der Waals surface area contributed by atoms with Crippen molar-refractivity contribution in [2.75, 3.05) is 6.54 Å². The van der Waals surface area contributed by atoms with Crippen LogP contribution in [0.5, 0.6) is 0 Å². The smallest absolute Gasteiger partial charge is 0.408 e. The molecule has 2 unspecified atom stereocenters. The lowest BCUT2D eigenvalue weighted by molar-refractivity contribution is -0.143. The van der Waals surface area contributed by atoms with Crippen LogP contribution in [0.25, 0.3) is 0 Å². The van der Waals surface area contributed by atoms with E-state index in [1.807, 2.05) is 52.8 Å². The third-order valence-corrected chi connectivity index (χ3v) is 6.11. The molecule has 1 aromatic carbocycles. The Labute approximate surface area is 234 Å². The SMILES string of the molecule is CCCCCCN(C(=O)C(CCC(N)=O)NC(=O)OC(C)(C)C)C(C(=O)NC(C)(C)C)c1ccc(C)c(C)c1. The molecule has 0 saturated heterocycles. The number of carbonyl (C=O) groups excluding carboxylic acids is 4. The lowest BCUT2D eigenvalue weighted by atomic mass is 9.96. The second-order valence-electron chi connectivity index (χ2n) is 12.3. The van der Waals surface area contributed by atoms with E-state index in [1.54, 1.807) is 20.8 Å². The molecule has 1 rings (SSSR count). The molecule has 9 heteroatoms. The highest BCUT2D eigenvalue weighted by atomic mass is 16.6. The summed E-state index contributed by atoms with van der Waals surface area (Å²) in [5.41, 5.74) is 6.82. The van der Waals surface area contributed by atoms with Gasteiger partial charge in [-0.25, -0.2) is 4.79 Å². The number of nitrogens with one attached hydrogen (secondary N) is 2. The molecule has 0 aliphatic heterocycles.